The number of aryl methyl sites for hydroxylation is 2. The van der Waals surface area contributed by atoms with Crippen LogP contribution in [-0.4, -0.2) is 9.78 Å². The molecule has 2 aromatic heterocycles. The van der Waals surface area contributed by atoms with Crippen molar-refractivity contribution in [3.63, 3.8) is 0 Å². The Hall–Kier alpha value is -1.81. The van der Waals surface area contributed by atoms with Gasteiger partial charge in [-0.05, 0) is 36.2 Å². The van der Waals surface area contributed by atoms with Gasteiger partial charge >= 0.3 is 0 Å². The smallest absolute Gasteiger partial charge is 0.0827 e. The van der Waals surface area contributed by atoms with Crippen LogP contribution in [0, 0.1) is 13.8 Å². The van der Waals surface area contributed by atoms with E-state index < -0.39 is 0 Å². The minimum atomic E-state index is 0.845. The number of nitrogens with zero attached hydrogens (tertiary/aromatic N) is 2. The molecule has 1 aromatic carbocycles. The summed E-state index contributed by atoms with van der Waals surface area (Å²) < 4.78 is 3.27. The summed E-state index contributed by atoms with van der Waals surface area (Å²) in [4.78, 5) is 0. The van der Waals surface area contributed by atoms with Crippen LogP contribution >= 0.6 is 11.3 Å². The molecule has 0 unspecified atom stereocenters. The lowest BCUT2D eigenvalue weighted by Gasteiger charge is -2.06. The van der Waals surface area contributed by atoms with Gasteiger partial charge in [0.15, 0.2) is 0 Å². The van der Waals surface area contributed by atoms with Gasteiger partial charge in [0, 0.05) is 18.3 Å². The Morgan fingerprint density at radius 1 is 1.26 bits per heavy atom. The average molecular weight is 271 g/mol. The van der Waals surface area contributed by atoms with Gasteiger partial charge in [0.05, 0.1) is 17.1 Å². The van der Waals surface area contributed by atoms with Crippen LogP contribution in [0.5, 0.6) is 0 Å². The van der Waals surface area contributed by atoms with Gasteiger partial charge in [-0.3, -0.25) is 4.68 Å². The largest absolute Gasteiger partial charge is 0.378 e. The first-order chi connectivity index (χ1) is 9.16. The second-order valence-electron chi connectivity index (χ2n) is 4.78. The third-order valence-electron chi connectivity index (χ3n) is 3.53. The van der Waals surface area contributed by atoms with Gasteiger partial charge in [-0.25, -0.2) is 0 Å². The highest BCUT2D eigenvalue weighted by molar-refractivity contribution is 7.17. The molecule has 0 saturated heterocycles. The van der Waals surface area contributed by atoms with Crippen molar-refractivity contribution in [2.45, 2.75) is 20.4 Å². The number of thiophene rings is 1. The van der Waals surface area contributed by atoms with Gasteiger partial charge in [0.25, 0.3) is 0 Å². The molecule has 0 fully saturated rings. The maximum absolute atomic E-state index is 4.43. The first-order valence-electron chi connectivity index (χ1n) is 6.36. The highest BCUT2D eigenvalue weighted by Gasteiger charge is 2.09. The Morgan fingerprint density at radius 2 is 2.05 bits per heavy atom. The van der Waals surface area contributed by atoms with Crippen molar-refractivity contribution < 1.29 is 0 Å². The summed E-state index contributed by atoms with van der Waals surface area (Å²) in [5.74, 6) is 0. The second-order valence-corrected chi connectivity index (χ2v) is 5.69. The number of rotatable bonds is 3. The van der Waals surface area contributed by atoms with Crippen LogP contribution in [0.3, 0.4) is 0 Å². The first kappa shape index (κ1) is 12.2. The molecule has 3 rings (SSSR count). The zero-order chi connectivity index (χ0) is 13.4. The predicted molar refractivity (Wildman–Crippen MR) is 81.8 cm³/mol. The third-order valence-corrected chi connectivity index (χ3v) is 4.54. The molecule has 0 amide bonds. The molecule has 0 bridgehead atoms. The number of anilines is 1. The standard InChI is InChI=1S/C15H17N3S/c1-10-15(11(2)18(3)17-10)16-8-12-9-19-14-7-5-4-6-13(12)14/h4-7,9,16H,8H2,1-3H3. The van der Waals surface area contributed by atoms with Crippen LogP contribution in [0.1, 0.15) is 17.0 Å². The fourth-order valence-electron chi connectivity index (χ4n) is 2.38. The summed E-state index contributed by atoms with van der Waals surface area (Å²) in [5, 5.41) is 11.5. The molecule has 0 spiro atoms. The second kappa shape index (κ2) is 4.70. The maximum Gasteiger partial charge on any atom is 0.0827 e. The number of nitrogens with one attached hydrogen (secondary N) is 1. The monoisotopic (exact) mass is 271 g/mol. The number of benzene rings is 1. The summed E-state index contributed by atoms with van der Waals surface area (Å²) in [6.45, 7) is 4.98. The van der Waals surface area contributed by atoms with Crippen molar-refractivity contribution in [3.05, 3.63) is 46.6 Å². The van der Waals surface area contributed by atoms with Gasteiger partial charge in [-0.1, -0.05) is 18.2 Å². The predicted octanol–water partition coefficient (Wildman–Crippen LogP) is 3.86. The van der Waals surface area contributed by atoms with Crippen molar-refractivity contribution in [2.24, 2.45) is 7.05 Å². The number of hydrogen-bond donors (Lipinski definition) is 1. The van der Waals surface area contributed by atoms with Crippen LogP contribution in [-0.2, 0) is 13.6 Å². The van der Waals surface area contributed by atoms with Crippen LogP contribution in [0.2, 0.25) is 0 Å². The van der Waals surface area contributed by atoms with Crippen LogP contribution in [0.25, 0.3) is 10.1 Å². The van der Waals surface area contributed by atoms with Crippen molar-refractivity contribution >= 4 is 27.1 Å². The summed E-state index contributed by atoms with van der Waals surface area (Å²) in [6, 6.07) is 8.54. The van der Waals surface area contributed by atoms with Gasteiger partial charge in [0.1, 0.15) is 0 Å². The van der Waals surface area contributed by atoms with Gasteiger partial charge < -0.3 is 5.32 Å². The summed E-state index contributed by atoms with van der Waals surface area (Å²) in [6.07, 6.45) is 0. The van der Waals surface area contributed by atoms with Gasteiger partial charge in [-0.15, -0.1) is 11.3 Å². The molecule has 3 aromatic rings. The molecule has 0 radical (unpaired) electrons. The van der Waals surface area contributed by atoms with E-state index in [0.717, 1.165) is 17.9 Å². The molecular weight excluding hydrogens is 254 g/mol. The van der Waals surface area contributed by atoms with Crippen molar-refractivity contribution in [1.29, 1.82) is 0 Å². The zero-order valence-corrected chi connectivity index (χ0v) is 12.2. The van der Waals surface area contributed by atoms with Gasteiger partial charge in [-0.2, -0.15) is 5.10 Å². The number of hydrogen-bond acceptors (Lipinski definition) is 3. The molecular formula is C15H17N3S. The third kappa shape index (κ3) is 2.12. The maximum atomic E-state index is 4.43. The minimum Gasteiger partial charge on any atom is -0.378 e. The Morgan fingerprint density at radius 3 is 2.79 bits per heavy atom. The van der Waals surface area contributed by atoms with Crippen LogP contribution in [0.4, 0.5) is 5.69 Å². The van der Waals surface area contributed by atoms with E-state index in [1.807, 2.05) is 18.7 Å². The topological polar surface area (TPSA) is 29.9 Å². The normalized spacial score (nSPS) is 11.1. The Bertz CT molecular complexity index is 724. The number of fused-ring (bicyclic) bond motifs is 1. The van der Waals surface area contributed by atoms with Crippen molar-refractivity contribution in [3.8, 4) is 0 Å². The molecule has 19 heavy (non-hydrogen) atoms. The highest BCUT2D eigenvalue weighted by Crippen LogP contribution is 2.27. The van der Waals surface area contributed by atoms with E-state index in [0.29, 0.717) is 0 Å². The molecule has 0 atom stereocenters. The van der Waals surface area contributed by atoms with E-state index >= 15 is 0 Å². The Balaban J connectivity index is 1.86. The zero-order valence-electron chi connectivity index (χ0n) is 11.4. The lowest BCUT2D eigenvalue weighted by molar-refractivity contribution is 0.731. The minimum absolute atomic E-state index is 0.845. The van der Waals surface area contributed by atoms with Crippen LogP contribution < -0.4 is 5.32 Å². The molecule has 0 aliphatic rings. The number of aromatic nitrogens is 2. The highest BCUT2D eigenvalue weighted by atomic mass is 32.1. The molecule has 0 aliphatic carbocycles. The van der Waals surface area contributed by atoms with E-state index in [4.69, 9.17) is 0 Å². The van der Waals surface area contributed by atoms with E-state index in [2.05, 4.69) is 47.0 Å². The van der Waals surface area contributed by atoms with Crippen molar-refractivity contribution in [1.82, 2.24) is 9.78 Å². The molecule has 2 heterocycles. The van der Waals surface area contributed by atoms with E-state index in [-0.39, 0.29) is 0 Å². The molecule has 0 aliphatic heterocycles. The molecule has 3 nitrogen and oxygen atoms in total. The summed E-state index contributed by atoms with van der Waals surface area (Å²) in [5.41, 5.74) is 4.73. The molecule has 98 valence electrons. The SMILES string of the molecule is Cc1nn(C)c(C)c1NCc1csc2ccccc12. The van der Waals surface area contributed by atoms with E-state index in [1.165, 1.54) is 21.3 Å². The summed E-state index contributed by atoms with van der Waals surface area (Å²) in [7, 11) is 1.98. The average Bonchev–Trinajstić information content (AvgIpc) is 2.91. The fraction of sp³-hybridized carbons (Fsp3) is 0.267. The first-order valence-corrected chi connectivity index (χ1v) is 7.24. The lowest BCUT2D eigenvalue weighted by atomic mass is 10.2. The van der Waals surface area contributed by atoms with Gasteiger partial charge in [0.2, 0.25) is 0 Å². The van der Waals surface area contributed by atoms with E-state index in [1.54, 1.807) is 11.3 Å². The Kier molecular flexibility index (Phi) is 3.03. The van der Waals surface area contributed by atoms with Crippen molar-refractivity contribution in [2.75, 3.05) is 5.32 Å². The van der Waals surface area contributed by atoms with Crippen LogP contribution in [0.15, 0.2) is 29.6 Å². The molecule has 4 heteroatoms. The Labute approximate surface area is 116 Å². The quantitative estimate of drug-likeness (QED) is 0.784. The summed E-state index contributed by atoms with van der Waals surface area (Å²) >= 11 is 1.80. The van der Waals surface area contributed by atoms with E-state index in [9.17, 15) is 0 Å². The lowest BCUT2D eigenvalue weighted by Crippen LogP contribution is -2.01. The molecule has 0 saturated carbocycles. The fourth-order valence-corrected chi connectivity index (χ4v) is 3.35. The molecule has 1 N–H and O–H groups in total.